The van der Waals surface area contributed by atoms with E-state index in [2.05, 4.69) is 53.8 Å². The van der Waals surface area contributed by atoms with Gasteiger partial charge in [-0.2, -0.15) is 0 Å². The molecule has 0 saturated carbocycles. The minimum atomic E-state index is 0.260. The van der Waals surface area contributed by atoms with E-state index in [-0.39, 0.29) is 5.41 Å². The summed E-state index contributed by atoms with van der Waals surface area (Å²) in [7, 11) is 0. The van der Waals surface area contributed by atoms with Crippen LogP contribution >= 0.6 is 11.3 Å². The molecule has 2 aromatic rings. The van der Waals surface area contributed by atoms with E-state index in [0.29, 0.717) is 0 Å². The van der Waals surface area contributed by atoms with E-state index in [1.165, 1.54) is 16.1 Å². The van der Waals surface area contributed by atoms with Gasteiger partial charge in [0.1, 0.15) is 0 Å². The Labute approximate surface area is 112 Å². The molecule has 2 nitrogen and oxygen atoms in total. The monoisotopic (exact) mass is 258 g/mol. The second-order valence-corrected chi connectivity index (χ2v) is 6.20. The molecule has 1 fully saturated rings. The number of nitrogens with one attached hydrogen (secondary N) is 1. The first kappa shape index (κ1) is 11.9. The van der Waals surface area contributed by atoms with Crippen LogP contribution in [-0.4, -0.2) is 18.1 Å². The van der Waals surface area contributed by atoms with E-state index >= 15 is 0 Å². The zero-order valence-corrected chi connectivity index (χ0v) is 11.7. The molecule has 0 bridgehead atoms. The average Bonchev–Trinajstić information content (AvgIpc) is 2.71. The van der Waals surface area contributed by atoms with Crippen LogP contribution in [0.2, 0.25) is 0 Å². The summed E-state index contributed by atoms with van der Waals surface area (Å²) in [6.07, 6.45) is 1.06. The highest BCUT2D eigenvalue weighted by molar-refractivity contribution is 7.09. The highest BCUT2D eigenvalue weighted by atomic mass is 32.1. The number of thiazole rings is 1. The summed E-state index contributed by atoms with van der Waals surface area (Å²) in [5, 5.41) is 6.84. The smallest absolute Gasteiger partial charge is 0.0938 e. The van der Waals surface area contributed by atoms with Crippen LogP contribution in [0.1, 0.15) is 21.8 Å². The fourth-order valence-corrected chi connectivity index (χ4v) is 3.69. The summed E-state index contributed by atoms with van der Waals surface area (Å²) in [5.74, 6) is 0. The Morgan fingerprint density at radius 2 is 2.06 bits per heavy atom. The molecule has 1 aromatic heterocycles. The minimum absolute atomic E-state index is 0.260. The van der Waals surface area contributed by atoms with Gasteiger partial charge >= 0.3 is 0 Å². The number of hydrogen-bond acceptors (Lipinski definition) is 3. The van der Waals surface area contributed by atoms with Gasteiger partial charge in [0.25, 0.3) is 0 Å². The first-order chi connectivity index (χ1) is 8.70. The maximum atomic E-state index is 4.62. The zero-order valence-electron chi connectivity index (χ0n) is 10.9. The summed E-state index contributed by atoms with van der Waals surface area (Å²) < 4.78 is 0. The zero-order chi connectivity index (χ0) is 12.6. The molecule has 94 valence electrons. The standard InChI is InChI=1S/C15H18N2S/c1-11-5-3-4-6-13(11)15(9-16-10-15)7-14-17-12(2)8-18-14/h3-6,8,16H,7,9-10H2,1-2H3. The summed E-state index contributed by atoms with van der Waals surface area (Å²) in [4.78, 5) is 4.62. The fourth-order valence-electron chi connectivity index (χ4n) is 2.78. The van der Waals surface area contributed by atoms with Gasteiger partial charge in [-0.05, 0) is 25.0 Å². The second-order valence-electron chi connectivity index (χ2n) is 5.26. The summed E-state index contributed by atoms with van der Waals surface area (Å²) in [6, 6.07) is 8.75. The lowest BCUT2D eigenvalue weighted by Gasteiger charge is -2.43. The molecule has 1 saturated heterocycles. The number of aryl methyl sites for hydroxylation is 2. The van der Waals surface area contributed by atoms with Crippen LogP contribution in [0.4, 0.5) is 0 Å². The molecule has 1 aliphatic rings. The topological polar surface area (TPSA) is 24.9 Å². The van der Waals surface area contributed by atoms with Crippen molar-refractivity contribution in [1.29, 1.82) is 0 Å². The average molecular weight is 258 g/mol. The van der Waals surface area contributed by atoms with Crippen LogP contribution in [0.3, 0.4) is 0 Å². The predicted octanol–water partition coefficient (Wildman–Crippen LogP) is 2.84. The van der Waals surface area contributed by atoms with Crippen molar-refractivity contribution in [2.24, 2.45) is 0 Å². The van der Waals surface area contributed by atoms with Crippen LogP contribution in [0.25, 0.3) is 0 Å². The van der Waals surface area contributed by atoms with E-state index in [9.17, 15) is 0 Å². The lowest BCUT2D eigenvalue weighted by atomic mass is 9.71. The third kappa shape index (κ3) is 1.98. The van der Waals surface area contributed by atoms with Crippen molar-refractivity contribution in [1.82, 2.24) is 10.3 Å². The molecule has 1 N–H and O–H groups in total. The van der Waals surface area contributed by atoms with Gasteiger partial charge in [0, 0.05) is 36.0 Å². The van der Waals surface area contributed by atoms with Crippen molar-refractivity contribution in [2.45, 2.75) is 25.7 Å². The van der Waals surface area contributed by atoms with E-state index in [4.69, 9.17) is 0 Å². The molecule has 0 radical (unpaired) electrons. The lowest BCUT2D eigenvalue weighted by molar-refractivity contribution is 0.273. The maximum absolute atomic E-state index is 4.62. The van der Waals surface area contributed by atoms with Gasteiger partial charge in [0.15, 0.2) is 0 Å². The molecule has 1 aromatic carbocycles. The van der Waals surface area contributed by atoms with Gasteiger partial charge in [-0.15, -0.1) is 11.3 Å². The van der Waals surface area contributed by atoms with E-state index in [1.54, 1.807) is 11.3 Å². The second kappa shape index (κ2) is 4.48. The number of aromatic nitrogens is 1. The third-order valence-electron chi connectivity index (χ3n) is 3.80. The Balaban J connectivity index is 1.93. The number of hydrogen-bond donors (Lipinski definition) is 1. The van der Waals surface area contributed by atoms with Crippen molar-refractivity contribution in [3.05, 3.63) is 51.5 Å². The predicted molar refractivity (Wildman–Crippen MR) is 76.3 cm³/mol. The van der Waals surface area contributed by atoms with Gasteiger partial charge in [-0.3, -0.25) is 0 Å². The highest BCUT2D eigenvalue weighted by Crippen LogP contribution is 2.35. The Morgan fingerprint density at radius 3 is 2.61 bits per heavy atom. The van der Waals surface area contributed by atoms with Crippen molar-refractivity contribution in [3.8, 4) is 0 Å². The highest BCUT2D eigenvalue weighted by Gasteiger charge is 2.40. The number of rotatable bonds is 3. The molecule has 0 unspecified atom stereocenters. The van der Waals surface area contributed by atoms with Gasteiger partial charge < -0.3 is 5.32 Å². The first-order valence-corrected chi connectivity index (χ1v) is 7.25. The lowest BCUT2D eigenvalue weighted by Crippen LogP contribution is -2.58. The third-order valence-corrected chi connectivity index (χ3v) is 4.77. The van der Waals surface area contributed by atoms with Crippen molar-refractivity contribution >= 4 is 11.3 Å². The number of nitrogens with zero attached hydrogens (tertiary/aromatic N) is 1. The summed E-state index contributed by atoms with van der Waals surface area (Å²) >= 11 is 1.79. The molecule has 0 spiro atoms. The van der Waals surface area contributed by atoms with Crippen LogP contribution in [-0.2, 0) is 11.8 Å². The van der Waals surface area contributed by atoms with Gasteiger partial charge in [-0.1, -0.05) is 24.3 Å². The molecule has 18 heavy (non-hydrogen) atoms. The molecule has 3 rings (SSSR count). The van der Waals surface area contributed by atoms with Gasteiger partial charge in [0.2, 0.25) is 0 Å². The quantitative estimate of drug-likeness (QED) is 0.915. The molecule has 0 amide bonds. The van der Waals surface area contributed by atoms with E-state index in [1.807, 2.05) is 0 Å². The van der Waals surface area contributed by atoms with Crippen LogP contribution in [0.5, 0.6) is 0 Å². The molecule has 2 heterocycles. The van der Waals surface area contributed by atoms with Crippen LogP contribution in [0, 0.1) is 13.8 Å². The summed E-state index contributed by atoms with van der Waals surface area (Å²) in [5.41, 5.74) is 4.28. The first-order valence-electron chi connectivity index (χ1n) is 6.37. The van der Waals surface area contributed by atoms with Gasteiger partial charge in [-0.25, -0.2) is 4.98 Å². The normalized spacial score (nSPS) is 17.4. The van der Waals surface area contributed by atoms with Crippen molar-refractivity contribution in [3.63, 3.8) is 0 Å². The Morgan fingerprint density at radius 1 is 1.28 bits per heavy atom. The van der Waals surface area contributed by atoms with E-state index in [0.717, 1.165) is 25.2 Å². The minimum Gasteiger partial charge on any atom is -0.315 e. The molecule has 1 aliphatic heterocycles. The largest absolute Gasteiger partial charge is 0.315 e. The SMILES string of the molecule is Cc1csc(CC2(c3ccccc3C)CNC2)n1. The number of benzene rings is 1. The van der Waals surface area contributed by atoms with Crippen molar-refractivity contribution in [2.75, 3.05) is 13.1 Å². The Hall–Kier alpha value is -1.19. The molecule has 3 heteroatoms. The fraction of sp³-hybridized carbons (Fsp3) is 0.400. The maximum Gasteiger partial charge on any atom is 0.0938 e. The molecular formula is C15H18N2S. The molecule has 0 atom stereocenters. The van der Waals surface area contributed by atoms with Gasteiger partial charge in [0.05, 0.1) is 5.01 Å². The molecule has 0 aliphatic carbocycles. The molecular weight excluding hydrogens is 240 g/mol. The van der Waals surface area contributed by atoms with Crippen LogP contribution in [0.15, 0.2) is 29.6 Å². The summed E-state index contributed by atoms with van der Waals surface area (Å²) in [6.45, 7) is 6.41. The van der Waals surface area contributed by atoms with E-state index < -0.39 is 0 Å². The van der Waals surface area contributed by atoms with Crippen molar-refractivity contribution < 1.29 is 0 Å². The Kier molecular flexibility index (Phi) is 2.96. The van der Waals surface area contributed by atoms with Crippen LogP contribution < -0.4 is 5.32 Å². The Bertz CT molecular complexity index is 555.